The first kappa shape index (κ1) is 10.8. The van der Waals surface area contributed by atoms with Crippen molar-refractivity contribution in [3.63, 3.8) is 0 Å². The van der Waals surface area contributed by atoms with Crippen molar-refractivity contribution in [3.8, 4) is 5.69 Å². The summed E-state index contributed by atoms with van der Waals surface area (Å²) in [5.41, 5.74) is 9.56. The van der Waals surface area contributed by atoms with Crippen LogP contribution in [0.4, 0.5) is 5.69 Å². The average molecular weight is 241 g/mol. The van der Waals surface area contributed by atoms with E-state index in [0.717, 1.165) is 34.7 Å². The number of aryl methyl sites for hydroxylation is 2. The van der Waals surface area contributed by atoms with Gasteiger partial charge >= 0.3 is 0 Å². The van der Waals surface area contributed by atoms with Gasteiger partial charge in [0.2, 0.25) is 0 Å². The first-order valence-electron chi connectivity index (χ1n) is 5.95. The molecule has 3 aromatic rings. The minimum absolute atomic E-state index is 0.737. The van der Waals surface area contributed by atoms with Gasteiger partial charge in [0.1, 0.15) is 5.82 Å². The van der Waals surface area contributed by atoms with Crippen LogP contribution in [0.2, 0.25) is 0 Å². The van der Waals surface area contributed by atoms with Gasteiger partial charge in [-0.3, -0.25) is 9.25 Å². The van der Waals surface area contributed by atoms with Gasteiger partial charge < -0.3 is 5.73 Å². The minimum atomic E-state index is 0.737. The second kappa shape index (κ2) is 3.87. The van der Waals surface area contributed by atoms with Gasteiger partial charge in [-0.2, -0.15) is 5.10 Å². The highest BCUT2D eigenvalue weighted by atomic mass is 15.3. The van der Waals surface area contributed by atoms with Crippen molar-refractivity contribution in [2.45, 2.75) is 13.3 Å². The first-order valence-corrected chi connectivity index (χ1v) is 5.95. The average Bonchev–Trinajstić information content (AvgIpc) is 2.91. The van der Waals surface area contributed by atoms with Crippen molar-refractivity contribution in [1.29, 1.82) is 0 Å². The molecule has 5 nitrogen and oxygen atoms in total. The predicted molar refractivity (Wildman–Crippen MR) is 71.6 cm³/mol. The Labute approximate surface area is 105 Å². The lowest BCUT2D eigenvalue weighted by atomic mass is 10.3. The molecule has 0 amide bonds. The molecular weight excluding hydrogens is 226 g/mol. The van der Waals surface area contributed by atoms with Crippen LogP contribution in [0.1, 0.15) is 12.7 Å². The number of hydrogen-bond donors (Lipinski definition) is 1. The topological polar surface area (TPSA) is 61.7 Å². The fourth-order valence-corrected chi connectivity index (χ4v) is 2.20. The highest BCUT2D eigenvalue weighted by molar-refractivity contribution is 5.81. The van der Waals surface area contributed by atoms with Gasteiger partial charge in [-0.1, -0.05) is 6.92 Å². The van der Waals surface area contributed by atoms with Crippen LogP contribution in [-0.4, -0.2) is 19.3 Å². The fourth-order valence-electron chi connectivity index (χ4n) is 2.20. The highest BCUT2D eigenvalue weighted by Gasteiger charge is 2.12. The maximum absolute atomic E-state index is 5.80. The van der Waals surface area contributed by atoms with Crippen molar-refractivity contribution in [1.82, 2.24) is 19.3 Å². The minimum Gasteiger partial charge on any atom is -0.399 e. The zero-order chi connectivity index (χ0) is 12.7. The number of fused-ring (bicyclic) bond motifs is 1. The Hall–Kier alpha value is -2.30. The van der Waals surface area contributed by atoms with E-state index in [9.17, 15) is 0 Å². The molecule has 92 valence electrons. The summed E-state index contributed by atoms with van der Waals surface area (Å²) in [6.07, 6.45) is 4.69. The summed E-state index contributed by atoms with van der Waals surface area (Å²) in [7, 11) is 1.91. The van der Waals surface area contributed by atoms with Gasteiger partial charge in [0.25, 0.3) is 0 Å². The molecule has 0 bridgehead atoms. The Morgan fingerprint density at radius 2 is 2.17 bits per heavy atom. The van der Waals surface area contributed by atoms with Gasteiger partial charge in [0, 0.05) is 25.4 Å². The lowest BCUT2D eigenvalue weighted by molar-refractivity contribution is 0.767. The summed E-state index contributed by atoms with van der Waals surface area (Å²) in [5.74, 6) is 1.02. The molecular formula is C13H15N5. The molecule has 0 atom stereocenters. The van der Waals surface area contributed by atoms with Gasteiger partial charge in [0.05, 0.1) is 22.9 Å². The number of hydrogen-bond acceptors (Lipinski definition) is 3. The molecule has 0 unspecified atom stereocenters. The van der Waals surface area contributed by atoms with Crippen molar-refractivity contribution in [3.05, 3.63) is 36.4 Å². The standard InChI is InChI=1S/C13H15N5/c1-3-13-16-11-6-9(14)4-5-12(11)18(13)10-7-15-17(2)8-10/h4-8H,3,14H2,1-2H3. The molecule has 5 heteroatoms. The normalized spacial score (nSPS) is 11.2. The number of rotatable bonds is 2. The summed E-state index contributed by atoms with van der Waals surface area (Å²) < 4.78 is 3.92. The Morgan fingerprint density at radius 3 is 2.83 bits per heavy atom. The SMILES string of the molecule is CCc1nc2cc(N)ccc2n1-c1cnn(C)c1. The third-order valence-electron chi connectivity index (χ3n) is 3.01. The van der Waals surface area contributed by atoms with E-state index >= 15 is 0 Å². The zero-order valence-corrected chi connectivity index (χ0v) is 10.5. The Morgan fingerprint density at radius 1 is 1.33 bits per heavy atom. The first-order chi connectivity index (χ1) is 8.69. The molecule has 2 heterocycles. The maximum Gasteiger partial charge on any atom is 0.114 e. The van der Waals surface area contributed by atoms with Crippen LogP contribution in [0, 0.1) is 0 Å². The summed E-state index contributed by atoms with van der Waals surface area (Å²) in [6, 6.07) is 5.81. The molecule has 2 N–H and O–H groups in total. The van der Waals surface area contributed by atoms with E-state index in [4.69, 9.17) is 5.73 Å². The number of nitrogens with zero attached hydrogens (tertiary/aromatic N) is 4. The Balaban J connectivity index is 2.32. The van der Waals surface area contributed by atoms with Crippen LogP contribution in [0.5, 0.6) is 0 Å². The number of aromatic nitrogens is 4. The molecule has 0 saturated carbocycles. The molecule has 0 fully saturated rings. The largest absolute Gasteiger partial charge is 0.399 e. The third kappa shape index (κ3) is 1.55. The van der Waals surface area contributed by atoms with Gasteiger partial charge in [-0.25, -0.2) is 4.98 Å². The van der Waals surface area contributed by atoms with Crippen molar-refractivity contribution < 1.29 is 0 Å². The molecule has 18 heavy (non-hydrogen) atoms. The van der Waals surface area contributed by atoms with Gasteiger partial charge in [0.15, 0.2) is 0 Å². The van der Waals surface area contributed by atoms with E-state index in [0.29, 0.717) is 0 Å². The van der Waals surface area contributed by atoms with E-state index in [1.165, 1.54) is 0 Å². The van der Waals surface area contributed by atoms with Gasteiger partial charge in [-0.15, -0.1) is 0 Å². The molecule has 0 aliphatic carbocycles. The van der Waals surface area contributed by atoms with Crippen LogP contribution >= 0.6 is 0 Å². The molecule has 2 aromatic heterocycles. The zero-order valence-electron chi connectivity index (χ0n) is 10.5. The smallest absolute Gasteiger partial charge is 0.114 e. The third-order valence-corrected chi connectivity index (χ3v) is 3.01. The molecule has 0 spiro atoms. The number of imidazole rings is 1. The van der Waals surface area contributed by atoms with Crippen LogP contribution in [0.3, 0.4) is 0 Å². The van der Waals surface area contributed by atoms with E-state index in [-0.39, 0.29) is 0 Å². The lowest BCUT2D eigenvalue weighted by Gasteiger charge is -2.04. The van der Waals surface area contributed by atoms with Crippen LogP contribution < -0.4 is 5.73 Å². The molecule has 0 saturated heterocycles. The number of nitrogen functional groups attached to an aromatic ring is 1. The van der Waals surface area contributed by atoms with Gasteiger partial charge in [-0.05, 0) is 18.2 Å². The van der Waals surface area contributed by atoms with Crippen LogP contribution in [0.15, 0.2) is 30.6 Å². The second-order valence-corrected chi connectivity index (χ2v) is 4.34. The molecule has 0 radical (unpaired) electrons. The molecule has 3 rings (SSSR count). The monoisotopic (exact) mass is 241 g/mol. The van der Waals surface area contributed by atoms with Crippen molar-refractivity contribution in [2.24, 2.45) is 7.05 Å². The summed E-state index contributed by atoms with van der Waals surface area (Å²) >= 11 is 0. The van der Waals surface area contributed by atoms with E-state index in [1.807, 2.05) is 37.6 Å². The number of nitrogens with two attached hydrogens (primary N) is 1. The van der Waals surface area contributed by atoms with Crippen molar-refractivity contribution in [2.75, 3.05) is 5.73 Å². The van der Waals surface area contributed by atoms with E-state index in [1.54, 1.807) is 4.68 Å². The molecule has 1 aromatic carbocycles. The molecule has 0 aliphatic rings. The maximum atomic E-state index is 5.80. The molecule has 0 aliphatic heterocycles. The van der Waals surface area contributed by atoms with E-state index < -0.39 is 0 Å². The fraction of sp³-hybridized carbons (Fsp3) is 0.231. The van der Waals surface area contributed by atoms with Crippen molar-refractivity contribution >= 4 is 16.7 Å². The summed E-state index contributed by atoms with van der Waals surface area (Å²) in [5, 5.41) is 4.22. The van der Waals surface area contributed by atoms with Crippen LogP contribution in [0.25, 0.3) is 16.7 Å². The Bertz CT molecular complexity index is 707. The number of anilines is 1. The predicted octanol–water partition coefficient (Wildman–Crippen LogP) is 1.90. The second-order valence-electron chi connectivity index (χ2n) is 4.34. The lowest BCUT2D eigenvalue weighted by Crippen LogP contribution is -1.98. The quantitative estimate of drug-likeness (QED) is 0.697. The van der Waals surface area contributed by atoms with E-state index in [2.05, 4.69) is 21.6 Å². The number of benzene rings is 1. The summed E-state index contributed by atoms with van der Waals surface area (Å²) in [6.45, 7) is 2.09. The van der Waals surface area contributed by atoms with Crippen LogP contribution in [-0.2, 0) is 13.5 Å². The Kier molecular flexibility index (Phi) is 2.33. The summed E-state index contributed by atoms with van der Waals surface area (Å²) in [4.78, 5) is 4.62. The highest BCUT2D eigenvalue weighted by Crippen LogP contribution is 2.23.